The van der Waals surface area contributed by atoms with Crippen molar-refractivity contribution in [2.24, 2.45) is 0 Å². The molecular formula is C38H46FN5O8. The minimum absolute atomic E-state index is 0.0779. The lowest BCUT2D eigenvalue weighted by Crippen LogP contribution is -2.56. The number of carboxylic acid groups (broad SMARTS) is 1. The molecule has 1 aromatic heterocycles. The molecule has 0 aliphatic carbocycles. The second-order valence-electron chi connectivity index (χ2n) is 13.3. The smallest absolute Gasteiger partial charge is 0.409 e. The quantitative estimate of drug-likeness (QED) is 0.236. The van der Waals surface area contributed by atoms with E-state index in [1.54, 1.807) is 36.1 Å². The number of carboxylic acids is 1. The first kappa shape index (κ1) is 38.0. The fraction of sp³-hybridized carbons (Fsp3) is 0.474. The number of carbonyl (C=O) groups is 5. The topological polar surface area (TPSA) is 159 Å². The first-order valence-corrected chi connectivity index (χ1v) is 17.8. The Labute approximate surface area is 302 Å². The second kappa shape index (κ2) is 17.3. The van der Waals surface area contributed by atoms with E-state index in [1.807, 2.05) is 19.9 Å². The fourth-order valence-electron chi connectivity index (χ4n) is 6.54. The number of benzene rings is 2. The number of pyridine rings is 1. The normalized spacial score (nSPS) is 17.1. The van der Waals surface area contributed by atoms with Crippen LogP contribution in [0.5, 0.6) is 5.75 Å². The molecule has 3 atom stereocenters. The molecule has 3 aromatic rings. The Morgan fingerprint density at radius 3 is 2.38 bits per heavy atom. The molecule has 2 aromatic carbocycles. The van der Waals surface area contributed by atoms with Gasteiger partial charge in [0.15, 0.2) is 6.10 Å². The van der Waals surface area contributed by atoms with E-state index in [-0.39, 0.29) is 68.2 Å². The lowest BCUT2D eigenvalue weighted by molar-refractivity contribution is -0.139. The van der Waals surface area contributed by atoms with Crippen LogP contribution in [0.2, 0.25) is 0 Å². The Morgan fingerprint density at radius 1 is 0.981 bits per heavy atom. The van der Waals surface area contributed by atoms with E-state index in [0.717, 1.165) is 36.8 Å². The lowest BCUT2D eigenvalue weighted by atomic mass is 10.0. The summed E-state index contributed by atoms with van der Waals surface area (Å²) in [4.78, 5) is 74.4. The number of aryl methyl sites for hydroxylation is 1. The summed E-state index contributed by atoms with van der Waals surface area (Å²) in [5, 5.41) is 12.7. The Morgan fingerprint density at radius 2 is 1.69 bits per heavy atom. The van der Waals surface area contributed by atoms with Crippen LogP contribution in [-0.4, -0.2) is 106 Å². The first-order chi connectivity index (χ1) is 24.9. The molecule has 2 N–H and O–H groups in total. The Balaban J connectivity index is 1.32. The van der Waals surface area contributed by atoms with Crippen LogP contribution in [-0.2, 0) is 19.1 Å². The fourth-order valence-corrected chi connectivity index (χ4v) is 6.54. The number of rotatable bonds is 13. The summed E-state index contributed by atoms with van der Waals surface area (Å²) >= 11 is 0. The number of aromatic nitrogens is 1. The molecule has 14 heteroatoms. The second-order valence-corrected chi connectivity index (χ2v) is 13.3. The number of amides is 4. The van der Waals surface area contributed by atoms with E-state index in [2.05, 4.69) is 10.3 Å². The van der Waals surface area contributed by atoms with Crippen LogP contribution >= 0.6 is 0 Å². The van der Waals surface area contributed by atoms with Crippen molar-refractivity contribution in [2.45, 2.75) is 77.5 Å². The van der Waals surface area contributed by atoms with Gasteiger partial charge in [-0.25, -0.2) is 14.2 Å². The Bertz CT molecular complexity index is 1780. The molecule has 0 spiro atoms. The van der Waals surface area contributed by atoms with Gasteiger partial charge >= 0.3 is 12.1 Å². The molecule has 2 aliphatic heterocycles. The highest BCUT2D eigenvalue weighted by molar-refractivity contribution is 5.99. The van der Waals surface area contributed by atoms with Crippen LogP contribution in [0.4, 0.5) is 9.18 Å². The Kier molecular flexibility index (Phi) is 12.6. The van der Waals surface area contributed by atoms with Crippen LogP contribution in [0.3, 0.4) is 0 Å². The standard InChI is InChI=1S/C38H46FN5O8/c1-4-5-21-51-38(50)43-19-17-42(18-20-43)37(49)29(14-15-34(45)46)41-35(47)31-23-33(28-13-8-24(2)22-30(28)40-31)52-25(3)36(48)44-16-6-7-32(44)26-9-11-27(39)12-10-26/h8-13,22-23,25,29,32H,4-7,14-21H2,1-3H3,(H,41,47)(H,45,46)/t25-,29?,32?/m1/s1. The third kappa shape index (κ3) is 9.33. The number of likely N-dealkylation sites (tertiary alicyclic amines) is 1. The molecule has 4 amide bonds. The number of hydrogen-bond donors (Lipinski definition) is 2. The molecule has 52 heavy (non-hydrogen) atoms. The van der Waals surface area contributed by atoms with E-state index < -0.39 is 36.0 Å². The zero-order valence-electron chi connectivity index (χ0n) is 29.8. The number of piperazine rings is 1. The maximum Gasteiger partial charge on any atom is 0.409 e. The van der Waals surface area contributed by atoms with E-state index in [0.29, 0.717) is 24.1 Å². The van der Waals surface area contributed by atoms with Gasteiger partial charge in [0.1, 0.15) is 23.3 Å². The van der Waals surface area contributed by atoms with Gasteiger partial charge in [-0.1, -0.05) is 31.5 Å². The van der Waals surface area contributed by atoms with E-state index in [9.17, 15) is 33.5 Å². The van der Waals surface area contributed by atoms with Crippen molar-refractivity contribution in [3.05, 3.63) is 71.2 Å². The van der Waals surface area contributed by atoms with Gasteiger partial charge < -0.3 is 34.6 Å². The molecule has 0 bridgehead atoms. The summed E-state index contributed by atoms with van der Waals surface area (Å²) < 4.78 is 25.1. The zero-order chi connectivity index (χ0) is 37.4. The third-order valence-corrected chi connectivity index (χ3v) is 9.43. The summed E-state index contributed by atoms with van der Waals surface area (Å²) in [7, 11) is 0. The van der Waals surface area contributed by atoms with Crippen LogP contribution in [0, 0.1) is 12.7 Å². The van der Waals surface area contributed by atoms with Crippen molar-refractivity contribution in [1.82, 2.24) is 25.0 Å². The highest BCUT2D eigenvalue weighted by Crippen LogP contribution is 2.34. The van der Waals surface area contributed by atoms with Crippen molar-refractivity contribution in [1.29, 1.82) is 0 Å². The van der Waals surface area contributed by atoms with Gasteiger partial charge in [-0.3, -0.25) is 19.2 Å². The number of ether oxygens (including phenoxy) is 2. The van der Waals surface area contributed by atoms with Gasteiger partial charge in [0, 0.05) is 50.6 Å². The highest BCUT2D eigenvalue weighted by Gasteiger charge is 2.34. The van der Waals surface area contributed by atoms with E-state index >= 15 is 0 Å². The van der Waals surface area contributed by atoms with Crippen molar-refractivity contribution in [2.75, 3.05) is 39.3 Å². The maximum atomic E-state index is 13.8. The third-order valence-electron chi connectivity index (χ3n) is 9.43. The maximum absolute atomic E-state index is 13.8. The summed E-state index contributed by atoms with van der Waals surface area (Å²) in [6.45, 7) is 7.19. The van der Waals surface area contributed by atoms with Crippen LogP contribution < -0.4 is 10.1 Å². The van der Waals surface area contributed by atoms with Crippen molar-refractivity contribution in [3.8, 4) is 5.75 Å². The number of aliphatic carboxylic acids is 1. The molecule has 5 rings (SSSR count). The van der Waals surface area contributed by atoms with Crippen LogP contribution in [0.1, 0.15) is 80.0 Å². The number of nitrogens with one attached hydrogen (secondary N) is 1. The largest absolute Gasteiger partial charge is 0.481 e. The summed E-state index contributed by atoms with van der Waals surface area (Å²) in [5.41, 5.74) is 2.06. The SMILES string of the molecule is CCCCOC(=O)N1CCN(C(=O)C(CCC(=O)O)NC(=O)c2cc(O[C@H](C)C(=O)N3CCCC3c3ccc(F)cc3)c3ccc(C)cc3n2)CC1. The lowest BCUT2D eigenvalue weighted by Gasteiger charge is -2.36. The average Bonchev–Trinajstić information content (AvgIpc) is 3.62. The van der Waals surface area contributed by atoms with E-state index in [1.165, 1.54) is 28.0 Å². The highest BCUT2D eigenvalue weighted by atomic mass is 19.1. The monoisotopic (exact) mass is 719 g/mol. The summed E-state index contributed by atoms with van der Waals surface area (Å²) in [6, 6.07) is 11.6. The molecule has 2 unspecified atom stereocenters. The molecule has 13 nitrogen and oxygen atoms in total. The molecule has 278 valence electrons. The minimum Gasteiger partial charge on any atom is -0.481 e. The van der Waals surface area contributed by atoms with Gasteiger partial charge in [-0.2, -0.15) is 0 Å². The number of carbonyl (C=O) groups excluding carboxylic acids is 4. The molecule has 2 fully saturated rings. The van der Waals surface area contributed by atoms with Gasteiger partial charge in [0.05, 0.1) is 18.2 Å². The molecule has 3 heterocycles. The summed E-state index contributed by atoms with van der Waals surface area (Å²) in [5.74, 6) is -2.69. The molecule has 0 saturated carbocycles. The van der Waals surface area contributed by atoms with E-state index in [4.69, 9.17) is 9.47 Å². The average molecular weight is 720 g/mol. The van der Waals surface area contributed by atoms with Gasteiger partial charge in [-0.15, -0.1) is 0 Å². The summed E-state index contributed by atoms with van der Waals surface area (Å²) in [6.07, 6.45) is 1.23. The van der Waals surface area contributed by atoms with Crippen LogP contribution in [0.15, 0.2) is 48.5 Å². The van der Waals surface area contributed by atoms with Crippen LogP contribution in [0.25, 0.3) is 10.9 Å². The predicted molar refractivity (Wildman–Crippen MR) is 189 cm³/mol. The molecule has 2 saturated heterocycles. The first-order valence-electron chi connectivity index (χ1n) is 17.8. The van der Waals surface area contributed by atoms with Gasteiger partial charge in [0.2, 0.25) is 5.91 Å². The minimum atomic E-state index is -1.18. The zero-order valence-corrected chi connectivity index (χ0v) is 29.8. The Hall–Kier alpha value is -5.27. The van der Waals surface area contributed by atoms with Gasteiger partial charge in [-0.05, 0) is 74.9 Å². The van der Waals surface area contributed by atoms with Gasteiger partial charge in [0.25, 0.3) is 11.8 Å². The number of nitrogens with zero attached hydrogens (tertiary/aromatic N) is 4. The van der Waals surface area contributed by atoms with Crippen molar-refractivity contribution in [3.63, 3.8) is 0 Å². The number of halogens is 1. The number of fused-ring (bicyclic) bond motifs is 1. The van der Waals surface area contributed by atoms with Crippen molar-refractivity contribution < 1.29 is 42.9 Å². The molecule has 2 aliphatic rings. The number of unbranched alkanes of at least 4 members (excludes halogenated alkanes) is 1. The number of hydrogen-bond acceptors (Lipinski definition) is 8. The molecular weight excluding hydrogens is 673 g/mol. The molecule has 0 radical (unpaired) electrons. The van der Waals surface area contributed by atoms with Crippen molar-refractivity contribution >= 4 is 40.7 Å². The predicted octanol–water partition coefficient (Wildman–Crippen LogP) is 4.86.